The number of aryl methyl sites for hydroxylation is 2. The first-order chi connectivity index (χ1) is 9.02. The summed E-state index contributed by atoms with van der Waals surface area (Å²) in [5.41, 5.74) is 7.07. The van der Waals surface area contributed by atoms with E-state index in [9.17, 15) is 4.79 Å². The van der Waals surface area contributed by atoms with Crippen molar-refractivity contribution in [2.24, 2.45) is 5.73 Å². The van der Waals surface area contributed by atoms with Gasteiger partial charge in [0.1, 0.15) is 5.69 Å². The quantitative estimate of drug-likeness (QED) is 0.802. The van der Waals surface area contributed by atoms with Gasteiger partial charge in [0.05, 0.1) is 10.7 Å². The smallest absolute Gasteiger partial charge is 0.272 e. The van der Waals surface area contributed by atoms with Crippen LogP contribution in [-0.4, -0.2) is 38.2 Å². The minimum absolute atomic E-state index is 0.0428. The first-order valence-corrected chi connectivity index (χ1v) is 7.07. The highest BCUT2D eigenvalue weighted by Crippen LogP contribution is 2.28. The van der Waals surface area contributed by atoms with Crippen LogP contribution in [0.4, 0.5) is 0 Å². The van der Waals surface area contributed by atoms with Crippen LogP contribution in [0.15, 0.2) is 6.07 Å². The molecule has 1 aromatic heterocycles. The van der Waals surface area contributed by atoms with E-state index in [0.717, 1.165) is 18.5 Å². The van der Waals surface area contributed by atoms with E-state index in [2.05, 4.69) is 5.10 Å². The first kappa shape index (κ1) is 14.0. The van der Waals surface area contributed by atoms with Gasteiger partial charge in [-0.25, -0.2) is 0 Å². The lowest BCUT2D eigenvalue weighted by Crippen LogP contribution is -2.36. The highest BCUT2D eigenvalue weighted by atomic mass is 32.1. The summed E-state index contributed by atoms with van der Waals surface area (Å²) >= 11 is 4.90. The Morgan fingerprint density at radius 3 is 2.84 bits per heavy atom. The number of hydrogen-bond acceptors (Lipinski definition) is 3. The number of hydrogen-bond donors (Lipinski definition) is 1. The van der Waals surface area contributed by atoms with Gasteiger partial charge in [0.25, 0.3) is 5.91 Å². The van der Waals surface area contributed by atoms with Crippen molar-refractivity contribution in [3.63, 3.8) is 0 Å². The summed E-state index contributed by atoms with van der Waals surface area (Å²) in [4.78, 5) is 15.0. The molecule has 0 saturated heterocycles. The summed E-state index contributed by atoms with van der Waals surface area (Å²) in [6, 6.07) is 2.20. The fraction of sp³-hybridized carbons (Fsp3) is 0.615. The van der Waals surface area contributed by atoms with Crippen molar-refractivity contribution in [3.05, 3.63) is 17.5 Å². The molecule has 0 bridgehead atoms. The minimum Gasteiger partial charge on any atom is -0.393 e. The Labute approximate surface area is 118 Å². The maximum atomic E-state index is 12.6. The standard InChI is InChI=1S/C13H20N4OS/c1-3-17-11(8-9(2)15-17)13(18)16(10-4-5-10)7-6-12(14)19/h8,10H,3-7H2,1-2H3,(H2,14,19). The Hall–Kier alpha value is -1.43. The lowest BCUT2D eigenvalue weighted by atomic mass is 10.3. The predicted octanol–water partition coefficient (Wildman–Crippen LogP) is 1.49. The number of aromatic nitrogens is 2. The molecule has 104 valence electrons. The van der Waals surface area contributed by atoms with Gasteiger partial charge in [-0.15, -0.1) is 0 Å². The lowest BCUT2D eigenvalue weighted by Gasteiger charge is -2.22. The van der Waals surface area contributed by atoms with Crippen LogP contribution in [0, 0.1) is 6.92 Å². The molecule has 19 heavy (non-hydrogen) atoms. The number of carbonyl (C=O) groups excluding carboxylic acids is 1. The lowest BCUT2D eigenvalue weighted by molar-refractivity contribution is 0.0735. The molecular weight excluding hydrogens is 260 g/mol. The minimum atomic E-state index is 0.0428. The van der Waals surface area contributed by atoms with E-state index in [-0.39, 0.29) is 5.91 Å². The topological polar surface area (TPSA) is 64.2 Å². The second-order valence-corrected chi connectivity index (χ2v) is 5.46. The Morgan fingerprint density at radius 2 is 2.32 bits per heavy atom. The van der Waals surface area contributed by atoms with Crippen LogP contribution in [0.5, 0.6) is 0 Å². The van der Waals surface area contributed by atoms with Gasteiger partial charge < -0.3 is 10.6 Å². The van der Waals surface area contributed by atoms with Crippen molar-refractivity contribution in [1.82, 2.24) is 14.7 Å². The summed E-state index contributed by atoms with van der Waals surface area (Å²) in [5, 5.41) is 4.33. The van der Waals surface area contributed by atoms with Gasteiger partial charge in [0, 0.05) is 25.6 Å². The van der Waals surface area contributed by atoms with Gasteiger partial charge in [-0.3, -0.25) is 9.48 Å². The molecule has 6 heteroatoms. The number of rotatable bonds is 6. The van der Waals surface area contributed by atoms with Crippen LogP contribution in [-0.2, 0) is 6.54 Å². The molecule has 1 aliphatic rings. The van der Waals surface area contributed by atoms with Crippen molar-refractivity contribution in [3.8, 4) is 0 Å². The number of carbonyl (C=O) groups is 1. The molecular formula is C13H20N4OS. The number of nitrogens with zero attached hydrogens (tertiary/aromatic N) is 3. The van der Waals surface area contributed by atoms with Crippen LogP contribution < -0.4 is 5.73 Å². The van der Waals surface area contributed by atoms with E-state index >= 15 is 0 Å². The number of nitrogens with two attached hydrogens (primary N) is 1. The van der Waals surface area contributed by atoms with E-state index in [1.165, 1.54) is 0 Å². The number of amides is 1. The molecule has 0 unspecified atom stereocenters. The zero-order chi connectivity index (χ0) is 14.0. The zero-order valence-electron chi connectivity index (χ0n) is 11.4. The molecule has 0 aromatic carbocycles. The molecule has 1 amide bonds. The van der Waals surface area contributed by atoms with Crippen LogP contribution in [0.3, 0.4) is 0 Å². The van der Waals surface area contributed by atoms with E-state index in [1.54, 1.807) is 4.68 Å². The summed E-state index contributed by atoms with van der Waals surface area (Å²) in [6.45, 7) is 5.19. The highest BCUT2D eigenvalue weighted by molar-refractivity contribution is 7.80. The summed E-state index contributed by atoms with van der Waals surface area (Å²) in [5.74, 6) is 0.0428. The summed E-state index contributed by atoms with van der Waals surface area (Å²) in [7, 11) is 0. The van der Waals surface area contributed by atoms with Gasteiger partial charge in [-0.05, 0) is 32.8 Å². The highest BCUT2D eigenvalue weighted by Gasteiger charge is 2.34. The van der Waals surface area contributed by atoms with Crippen LogP contribution in [0.25, 0.3) is 0 Å². The molecule has 1 saturated carbocycles. The second kappa shape index (κ2) is 5.69. The third kappa shape index (κ3) is 3.32. The fourth-order valence-corrected chi connectivity index (χ4v) is 2.26. The molecule has 2 N–H and O–H groups in total. The van der Waals surface area contributed by atoms with Crippen molar-refractivity contribution in [2.45, 2.75) is 45.7 Å². The predicted molar refractivity (Wildman–Crippen MR) is 78.1 cm³/mol. The second-order valence-electron chi connectivity index (χ2n) is 4.93. The average Bonchev–Trinajstić information content (AvgIpc) is 3.11. The molecule has 1 fully saturated rings. The molecule has 1 aromatic rings. The largest absolute Gasteiger partial charge is 0.393 e. The Morgan fingerprint density at radius 1 is 1.63 bits per heavy atom. The SMILES string of the molecule is CCn1nc(C)cc1C(=O)N(CCC(N)=S)C1CC1. The van der Waals surface area contributed by atoms with Crippen LogP contribution >= 0.6 is 12.2 Å². The summed E-state index contributed by atoms with van der Waals surface area (Å²) < 4.78 is 1.76. The molecule has 1 aliphatic carbocycles. The Kier molecular flexibility index (Phi) is 4.19. The third-order valence-electron chi connectivity index (χ3n) is 3.27. The average molecular weight is 280 g/mol. The first-order valence-electron chi connectivity index (χ1n) is 6.66. The fourth-order valence-electron chi connectivity index (χ4n) is 2.17. The van der Waals surface area contributed by atoms with E-state index in [4.69, 9.17) is 18.0 Å². The molecule has 2 rings (SSSR count). The normalized spacial score (nSPS) is 14.4. The molecule has 1 heterocycles. The van der Waals surface area contributed by atoms with Crippen LogP contribution in [0.1, 0.15) is 42.4 Å². The van der Waals surface area contributed by atoms with Gasteiger partial charge in [0.2, 0.25) is 0 Å². The van der Waals surface area contributed by atoms with Gasteiger partial charge in [-0.2, -0.15) is 5.10 Å². The summed E-state index contributed by atoms with van der Waals surface area (Å²) in [6.07, 6.45) is 2.72. The van der Waals surface area contributed by atoms with Gasteiger partial charge in [0.15, 0.2) is 0 Å². The maximum absolute atomic E-state index is 12.6. The molecule has 0 radical (unpaired) electrons. The third-order valence-corrected chi connectivity index (χ3v) is 3.47. The maximum Gasteiger partial charge on any atom is 0.272 e. The molecule has 0 aliphatic heterocycles. The van der Waals surface area contributed by atoms with Gasteiger partial charge >= 0.3 is 0 Å². The van der Waals surface area contributed by atoms with Crippen molar-refractivity contribution >= 4 is 23.1 Å². The van der Waals surface area contributed by atoms with Gasteiger partial charge in [-0.1, -0.05) is 12.2 Å². The van der Waals surface area contributed by atoms with Crippen molar-refractivity contribution < 1.29 is 4.79 Å². The zero-order valence-corrected chi connectivity index (χ0v) is 12.2. The van der Waals surface area contributed by atoms with E-state index in [0.29, 0.717) is 36.2 Å². The monoisotopic (exact) mass is 280 g/mol. The Bertz CT molecular complexity index is 493. The van der Waals surface area contributed by atoms with Crippen molar-refractivity contribution in [2.75, 3.05) is 6.54 Å². The van der Waals surface area contributed by atoms with Crippen LogP contribution in [0.2, 0.25) is 0 Å². The molecule has 5 nitrogen and oxygen atoms in total. The van der Waals surface area contributed by atoms with E-state index < -0.39 is 0 Å². The number of thiocarbonyl (C=S) groups is 1. The molecule has 0 spiro atoms. The van der Waals surface area contributed by atoms with E-state index in [1.807, 2.05) is 24.8 Å². The molecule has 0 atom stereocenters. The Balaban J connectivity index is 2.16. The van der Waals surface area contributed by atoms with Crippen molar-refractivity contribution in [1.29, 1.82) is 0 Å².